The van der Waals surface area contributed by atoms with Crippen molar-refractivity contribution in [2.45, 2.75) is 50.5 Å². The van der Waals surface area contributed by atoms with Crippen LogP contribution in [0, 0.1) is 6.92 Å². The van der Waals surface area contributed by atoms with Crippen LogP contribution in [0.3, 0.4) is 0 Å². The van der Waals surface area contributed by atoms with Gasteiger partial charge in [0.2, 0.25) is 0 Å². The van der Waals surface area contributed by atoms with E-state index in [0.717, 1.165) is 23.0 Å². The molecule has 0 aliphatic carbocycles. The molecule has 0 saturated heterocycles. The Morgan fingerprint density at radius 2 is 1.81 bits per heavy atom. The molecule has 0 fully saturated rings. The third-order valence-electron chi connectivity index (χ3n) is 5.89. The standard InChI is InChI=1S/C27H32BrN3O4S/c1-4-10-21(11-9-16-36(34,35)26-15-8-7-14-25(26)33)30-27(31-20(3)23(28)18-29-31)17-19(2)22-12-5-6-13-24(22)32/h5-8,12-15,17-18,21,30,32-33H,2,4,9-11,16H2,1,3H3/b27-17-. The van der Waals surface area contributed by atoms with Crippen molar-refractivity contribution in [2.24, 2.45) is 0 Å². The van der Waals surface area contributed by atoms with Gasteiger partial charge in [0.15, 0.2) is 9.84 Å². The van der Waals surface area contributed by atoms with Crippen molar-refractivity contribution in [3.63, 3.8) is 0 Å². The maximum Gasteiger partial charge on any atom is 0.182 e. The summed E-state index contributed by atoms with van der Waals surface area (Å²) in [6.45, 7) is 8.16. The molecule has 1 atom stereocenters. The molecule has 0 aliphatic heterocycles. The van der Waals surface area contributed by atoms with E-state index >= 15 is 0 Å². The lowest BCUT2D eigenvalue weighted by Gasteiger charge is -2.23. The second-order valence-electron chi connectivity index (χ2n) is 8.62. The van der Waals surface area contributed by atoms with E-state index in [1.165, 1.54) is 12.1 Å². The van der Waals surface area contributed by atoms with Gasteiger partial charge >= 0.3 is 0 Å². The number of nitrogens with one attached hydrogen (secondary N) is 1. The van der Waals surface area contributed by atoms with Crippen LogP contribution >= 0.6 is 15.9 Å². The molecule has 9 heteroatoms. The van der Waals surface area contributed by atoms with Gasteiger partial charge in [0.25, 0.3) is 0 Å². The third-order valence-corrected chi connectivity index (χ3v) is 8.51. The highest BCUT2D eigenvalue weighted by Gasteiger charge is 2.20. The number of allylic oxidation sites excluding steroid dienone is 2. The highest BCUT2D eigenvalue weighted by atomic mass is 79.9. The number of hydrogen-bond donors (Lipinski definition) is 3. The summed E-state index contributed by atoms with van der Waals surface area (Å²) in [6.07, 6.45) is 6.29. The lowest BCUT2D eigenvalue weighted by atomic mass is 10.0. The van der Waals surface area contributed by atoms with E-state index in [-0.39, 0.29) is 28.2 Å². The van der Waals surface area contributed by atoms with Gasteiger partial charge in [-0.3, -0.25) is 0 Å². The second-order valence-corrected chi connectivity index (χ2v) is 11.6. The van der Waals surface area contributed by atoms with Crippen molar-refractivity contribution in [2.75, 3.05) is 5.75 Å². The highest BCUT2D eigenvalue weighted by Crippen LogP contribution is 2.27. The lowest BCUT2D eigenvalue weighted by molar-refractivity contribution is 0.458. The molecule has 3 N–H and O–H groups in total. The summed E-state index contributed by atoms with van der Waals surface area (Å²) in [6, 6.07) is 13.0. The first-order valence-electron chi connectivity index (χ1n) is 11.8. The first-order valence-corrected chi connectivity index (χ1v) is 14.2. The van der Waals surface area contributed by atoms with Gasteiger partial charge in [-0.05, 0) is 72.0 Å². The van der Waals surface area contributed by atoms with Crippen LogP contribution in [0.15, 0.2) is 76.8 Å². The van der Waals surface area contributed by atoms with Gasteiger partial charge in [-0.1, -0.05) is 50.3 Å². The van der Waals surface area contributed by atoms with Gasteiger partial charge in [0.1, 0.15) is 22.2 Å². The second kappa shape index (κ2) is 12.3. The normalized spacial score (nSPS) is 12.9. The summed E-state index contributed by atoms with van der Waals surface area (Å²) >= 11 is 3.51. The molecule has 0 spiro atoms. The van der Waals surface area contributed by atoms with Crippen molar-refractivity contribution < 1.29 is 18.6 Å². The first kappa shape index (κ1) is 27.5. The number of sulfone groups is 1. The van der Waals surface area contributed by atoms with Crippen LogP contribution < -0.4 is 5.32 Å². The topological polar surface area (TPSA) is 104 Å². The minimum Gasteiger partial charge on any atom is -0.507 e. The van der Waals surface area contributed by atoms with Gasteiger partial charge in [-0.2, -0.15) is 5.10 Å². The van der Waals surface area contributed by atoms with Crippen molar-refractivity contribution in [3.05, 3.63) is 83.1 Å². The van der Waals surface area contributed by atoms with Crippen LogP contribution in [-0.4, -0.2) is 40.2 Å². The minimum atomic E-state index is -3.60. The maximum atomic E-state index is 12.8. The number of aromatic nitrogens is 2. The predicted octanol–water partition coefficient (Wildman–Crippen LogP) is 5.89. The highest BCUT2D eigenvalue weighted by molar-refractivity contribution is 9.10. The molecule has 0 bridgehead atoms. The van der Waals surface area contributed by atoms with Crippen LogP contribution in [0.1, 0.15) is 43.9 Å². The van der Waals surface area contributed by atoms with E-state index in [2.05, 4.69) is 39.8 Å². The van der Waals surface area contributed by atoms with Gasteiger partial charge in [0.05, 0.1) is 22.1 Å². The predicted molar refractivity (Wildman–Crippen MR) is 147 cm³/mol. The quantitative estimate of drug-likeness (QED) is 0.233. The van der Waals surface area contributed by atoms with E-state index in [4.69, 9.17) is 0 Å². The average molecular weight is 575 g/mol. The number of nitrogens with zero attached hydrogens (tertiary/aromatic N) is 2. The fourth-order valence-corrected chi connectivity index (χ4v) is 5.68. The molecular formula is C27H32BrN3O4S. The monoisotopic (exact) mass is 573 g/mol. The Morgan fingerprint density at radius 3 is 2.42 bits per heavy atom. The summed E-state index contributed by atoms with van der Waals surface area (Å²) in [5, 5.41) is 28.3. The van der Waals surface area contributed by atoms with Crippen LogP contribution in [-0.2, 0) is 9.84 Å². The first-order chi connectivity index (χ1) is 17.1. The molecule has 36 heavy (non-hydrogen) atoms. The number of halogens is 1. The third kappa shape index (κ3) is 6.79. The molecule has 1 heterocycles. The van der Waals surface area contributed by atoms with E-state index in [1.54, 1.807) is 41.2 Å². The fraction of sp³-hybridized carbons (Fsp3) is 0.296. The molecule has 3 rings (SSSR count). The molecule has 7 nitrogen and oxygen atoms in total. The lowest BCUT2D eigenvalue weighted by Crippen LogP contribution is -2.31. The number of aromatic hydroxyl groups is 2. The molecule has 0 radical (unpaired) electrons. The number of benzene rings is 2. The Kier molecular flexibility index (Phi) is 9.39. The zero-order valence-corrected chi connectivity index (χ0v) is 22.9. The summed E-state index contributed by atoms with van der Waals surface area (Å²) in [5.74, 6) is 0.514. The zero-order valence-electron chi connectivity index (χ0n) is 20.5. The molecular weight excluding hydrogens is 542 g/mol. The zero-order chi connectivity index (χ0) is 26.3. The van der Waals surface area contributed by atoms with Gasteiger partial charge in [-0.25, -0.2) is 13.1 Å². The van der Waals surface area contributed by atoms with Crippen molar-refractivity contribution in [1.29, 1.82) is 0 Å². The Balaban J connectivity index is 1.82. The van der Waals surface area contributed by atoms with Gasteiger partial charge in [0, 0.05) is 11.6 Å². The molecule has 0 saturated carbocycles. The average Bonchev–Trinajstić information content (AvgIpc) is 3.17. The Bertz CT molecular complexity index is 1350. The van der Waals surface area contributed by atoms with Crippen LogP contribution in [0.25, 0.3) is 11.4 Å². The van der Waals surface area contributed by atoms with Gasteiger partial charge < -0.3 is 15.5 Å². The molecule has 2 aromatic carbocycles. The van der Waals surface area contributed by atoms with E-state index in [9.17, 15) is 18.6 Å². The van der Waals surface area contributed by atoms with Crippen LogP contribution in [0.5, 0.6) is 11.5 Å². The molecule has 192 valence electrons. The molecule has 0 amide bonds. The number of rotatable bonds is 12. The number of phenols is 2. The maximum absolute atomic E-state index is 12.8. The number of phenolic OH excluding ortho intramolecular Hbond substituents is 2. The molecule has 0 aliphatic rings. The molecule has 3 aromatic rings. The van der Waals surface area contributed by atoms with Crippen molar-refractivity contribution in [1.82, 2.24) is 15.1 Å². The number of para-hydroxylation sites is 2. The van der Waals surface area contributed by atoms with Crippen LogP contribution in [0.4, 0.5) is 0 Å². The Morgan fingerprint density at radius 1 is 1.14 bits per heavy atom. The number of hydrogen-bond acceptors (Lipinski definition) is 6. The smallest absolute Gasteiger partial charge is 0.182 e. The molecule has 1 aromatic heterocycles. The summed E-state index contributed by atoms with van der Waals surface area (Å²) in [5.41, 5.74) is 2.11. The van der Waals surface area contributed by atoms with Crippen LogP contribution in [0.2, 0.25) is 0 Å². The van der Waals surface area contributed by atoms with E-state index in [0.29, 0.717) is 29.8 Å². The van der Waals surface area contributed by atoms with E-state index in [1.807, 2.05) is 19.1 Å². The minimum absolute atomic E-state index is 0.0274. The van der Waals surface area contributed by atoms with Crippen molar-refractivity contribution in [3.8, 4) is 11.5 Å². The fourth-order valence-electron chi connectivity index (χ4n) is 3.98. The Labute approximate surface area is 221 Å². The summed E-state index contributed by atoms with van der Waals surface area (Å²) in [4.78, 5) is -0.0402. The Hall–Kier alpha value is -3.04. The summed E-state index contributed by atoms with van der Waals surface area (Å²) in [7, 11) is -3.60. The van der Waals surface area contributed by atoms with Gasteiger partial charge in [-0.15, -0.1) is 0 Å². The van der Waals surface area contributed by atoms with E-state index < -0.39 is 9.84 Å². The molecule has 1 unspecified atom stereocenters. The summed E-state index contributed by atoms with van der Waals surface area (Å²) < 4.78 is 28.2. The SMILES string of the molecule is C=C(/C=C(/NC(CCC)CCCS(=O)(=O)c1ccccc1O)n1ncc(Br)c1C)c1ccccc1O. The largest absolute Gasteiger partial charge is 0.507 e. The van der Waals surface area contributed by atoms with Crippen molar-refractivity contribution >= 4 is 37.2 Å².